The molecule has 6 nitrogen and oxygen atoms in total. The van der Waals surface area contributed by atoms with Crippen LogP contribution in [0.4, 0.5) is 0 Å². The number of aromatic nitrogens is 3. The van der Waals surface area contributed by atoms with Gasteiger partial charge in [-0.1, -0.05) is 26.0 Å². The standard InChI is InChI=1S/C14H26N4O2/c1-10(2)5-6-13-12(7-14(15)19)16-17-18(13)8-11(3)9-20-4/h10-11H,5-9H2,1-4H3,(H2,15,19). The molecule has 1 heterocycles. The zero-order chi connectivity index (χ0) is 15.1. The molecule has 1 atom stereocenters. The highest BCUT2D eigenvalue weighted by atomic mass is 16.5. The molecule has 114 valence electrons. The maximum atomic E-state index is 11.1. The molecule has 1 aromatic heterocycles. The van der Waals surface area contributed by atoms with Crippen molar-refractivity contribution in [1.82, 2.24) is 15.0 Å². The lowest BCUT2D eigenvalue weighted by Gasteiger charge is -2.13. The molecule has 2 N–H and O–H groups in total. The molecule has 0 saturated carbocycles. The second-order valence-electron chi connectivity index (χ2n) is 5.80. The van der Waals surface area contributed by atoms with E-state index in [9.17, 15) is 4.79 Å². The number of rotatable bonds is 9. The molecule has 6 heteroatoms. The first kappa shape index (κ1) is 16.6. The fourth-order valence-electron chi connectivity index (χ4n) is 2.15. The van der Waals surface area contributed by atoms with E-state index >= 15 is 0 Å². The lowest BCUT2D eigenvalue weighted by Crippen LogP contribution is -2.18. The average molecular weight is 282 g/mol. The van der Waals surface area contributed by atoms with Crippen LogP contribution in [0.15, 0.2) is 0 Å². The molecular formula is C14H26N4O2. The van der Waals surface area contributed by atoms with Crippen molar-refractivity contribution in [3.63, 3.8) is 0 Å². The van der Waals surface area contributed by atoms with E-state index in [2.05, 4.69) is 31.1 Å². The van der Waals surface area contributed by atoms with E-state index in [1.165, 1.54) is 0 Å². The summed E-state index contributed by atoms with van der Waals surface area (Å²) in [5, 5.41) is 8.29. The van der Waals surface area contributed by atoms with Crippen molar-refractivity contribution in [3.8, 4) is 0 Å². The van der Waals surface area contributed by atoms with Gasteiger partial charge >= 0.3 is 0 Å². The van der Waals surface area contributed by atoms with Crippen molar-refractivity contribution in [2.45, 2.75) is 46.6 Å². The van der Waals surface area contributed by atoms with E-state index in [1.54, 1.807) is 7.11 Å². The van der Waals surface area contributed by atoms with Gasteiger partial charge in [-0.05, 0) is 24.7 Å². The van der Waals surface area contributed by atoms with Gasteiger partial charge in [-0.2, -0.15) is 0 Å². The molecular weight excluding hydrogens is 256 g/mol. The first-order valence-corrected chi connectivity index (χ1v) is 7.12. The predicted molar refractivity (Wildman–Crippen MR) is 77.1 cm³/mol. The fraction of sp³-hybridized carbons (Fsp3) is 0.786. The topological polar surface area (TPSA) is 83.0 Å². The molecule has 0 aliphatic rings. The van der Waals surface area contributed by atoms with E-state index in [-0.39, 0.29) is 12.3 Å². The molecule has 20 heavy (non-hydrogen) atoms. The third kappa shape index (κ3) is 5.28. The summed E-state index contributed by atoms with van der Waals surface area (Å²) in [5.41, 5.74) is 7.01. The van der Waals surface area contributed by atoms with Gasteiger partial charge in [0.2, 0.25) is 5.91 Å². The summed E-state index contributed by atoms with van der Waals surface area (Å²) >= 11 is 0. The molecule has 0 saturated heterocycles. The monoisotopic (exact) mass is 282 g/mol. The van der Waals surface area contributed by atoms with Crippen LogP contribution in [-0.2, 0) is 28.9 Å². The van der Waals surface area contributed by atoms with Gasteiger partial charge in [-0.25, -0.2) is 4.68 Å². The number of methoxy groups -OCH3 is 1. The van der Waals surface area contributed by atoms with Gasteiger partial charge in [-0.3, -0.25) is 4.79 Å². The van der Waals surface area contributed by atoms with Crippen LogP contribution in [0.1, 0.15) is 38.6 Å². The minimum atomic E-state index is -0.368. The maximum absolute atomic E-state index is 11.1. The van der Waals surface area contributed by atoms with Crippen LogP contribution >= 0.6 is 0 Å². The molecule has 0 bridgehead atoms. The van der Waals surface area contributed by atoms with Crippen LogP contribution in [0.2, 0.25) is 0 Å². The second kappa shape index (κ2) is 7.99. The predicted octanol–water partition coefficient (Wildman–Crippen LogP) is 1.18. The summed E-state index contributed by atoms with van der Waals surface area (Å²) in [6.07, 6.45) is 2.07. The fourth-order valence-corrected chi connectivity index (χ4v) is 2.15. The van der Waals surface area contributed by atoms with Gasteiger partial charge in [0.1, 0.15) is 0 Å². The normalized spacial score (nSPS) is 12.8. The number of carbonyl (C=O) groups excluding carboxylic acids is 1. The Morgan fingerprint density at radius 3 is 2.65 bits per heavy atom. The van der Waals surface area contributed by atoms with E-state index < -0.39 is 0 Å². The van der Waals surface area contributed by atoms with Crippen LogP contribution in [0.5, 0.6) is 0 Å². The Morgan fingerprint density at radius 2 is 2.10 bits per heavy atom. The lowest BCUT2D eigenvalue weighted by atomic mass is 10.0. The molecule has 1 rings (SSSR count). The largest absolute Gasteiger partial charge is 0.384 e. The van der Waals surface area contributed by atoms with Gasteiger partial charge < -0.3 is 10.5 Å². The highest BCUT2D eigenvalue weighted by Gasteiger charge is 2.16. The Labute approximate surface area is 120 Å². The van der Waals surface area contributed by atoms with Crippen molar-refractivity contribution in [2.24, 2.45) is 17.6 Å². The molecule has 0 fully saturated rings. The van der Waals surface area contributed by atoms with Crippen molar-refractivity contribution in [2.75, 3.05) is 13.7 Å². The van der Waals surface area contributed by atoms with Crippen molar-refractivity contribution in [1.29, 1.82) is 0 Å². The average Bonchev–Trinajstić information content (AvgIpc) is 2.68. The van der Waals surface area contributed by atoms with Gasteiger partial charge in [0.05, 0.1) is 24.4 Å². The molecule has 0 aliphatic heterocycles. The van der Waals surface area contributed by atoms with Crippen LogP contribution in [0.25, 0.3) is 0 Å². The number of carbonyl (C=O) groups is 1. The Balaban J connectivity index is 2.85. The van der Waals surface area contributed by atoms with Crippen LogP contribution < -0.4 is 5.73 Å². The molecule has 0 radical (unpaired) electrons. The third-order valence-electron chi connectivity index (χ3n) is 3.15. The highest BCUT2D eigenvalue weighted by molar-refractivity contribution is 5.76. The van der Waals surface area contributed by atoms with E-state index in [1.807, 2.05) is 4.68 Å². The zero-order valence-electron chi connectivity index (χ0n) is 12.9. The first-order valence-electron chi connectivity index (χ1n) is 7.12. The van der Waals surface area contributed by atoms with Crippen LogP contribution in [0.3, 0.4) is 0 Å². The molecule has 0 spiro atoms. The Bertz CT molecular complexity index is 429. The van der Waals surface area contributed by atoms with Crippen molar-refractivity contribution < 1.29 is 9.53 Å². The summed E-state index contributed by atoms with van der Waals surface area (Å²) in [6.45, 7) is 7.87. The molecule has 0 aliphatic carbocycles. The maximum Gasteiger partial charge on any atom is 0.223 e. The lowest BCUT2D eigenvalue weighted by molar-refractivity contribution is -0.117. The SMILES string of the molecule is COCC(C)Cn1nnc(CC(N)=O)c1CCC(C)C. The summed E-state index contributed by atoms with van der Waals surface area (Å²) in [6, 6.07) is 0. The van der Waals surface area contributed by atoms with Crippen LogP contribution in [-0.4, -0.2) is 34.6 Å². The van der Waals surface area contributed by atoms with Crippen LogP contribution in [0, 0.1) is 11.8 Å². The summed E-state index contributed by atoms with van der Waals surface area (Å²) in [4.78, 5) is 11.1. The first-order chi connectivity index (χ1) is 9.43. The summed E-state index contributed by atoms with van der Waals surface area (Å²) in [5.74, 6) is 0.574. The van der Waals surface area contributed by atoms with Crippen molar-refractivity contribution >= 4 is 5.91 Å². The summed E-state index contributed by atoms with van der Waals surface area (Å²) in [7, 11) is 1.69. The number of hydrogen-bond donors (Lipinski definition) is 1. The van der Waals surface area contributed by atoms with Gasteiger partial charge in [0, 0.05) is 13.7 Å². The van der Waals surface area contributed by atoms with E-state index in [0.29, 0.717) is 24.1 Å². The molecule has 1 amide bonds. The molecule has 1 unspecified atom stereocenters. The van der Waals surface area contributed by atoms with Gasteiger partial charge in [0.15, 0.2) is 0 Å². The Kier molecular flexibility index (Phi) is 6.64. The number of nitrogens with zero attached hydrogens (tertiary/aromatic N) is 3. The van der Waals surface area contributed by atoms with Gasteiger partial charge in [-0.15, -0.1) is 5.10 Å². The number of ether oxygens (including phenoxy) is 1. The highest BCUT2D eigenvalue weighted by Crippen LogP contribution is 2.14. The zero-order valence-corrected chi connectivity index (χ0v) is 12.9. The second-order valence-corrected chi connectivity index (χ2v) is 5.80. The quantitative estimate of drug-likeness (QED) is 0.737. The van der Waals surface area contributed by atoms with E-state index in [0.717, 1.165) is 25.1 Å². The number of nitrogens with two attached hydrogens (primary N) is 1. The molecule has 1 aromatic rings. The minimum absolute atomic E-state index is 0.159. The number of hydrogen-bond acceptors (Lipinski definition) is 4. The smallest absolute Gasteiger partial charge is 0.223 e. The van der Waals surface area contributed by atoms with E-state index in [4.69, 9.17) is 10.5 Å². The van der Waals surface area contributed by atoms with Crippen molar-refractivity contribution in [3.05, 3.63) is 11.4 Å². The number of amides is 1. The minimum Gasteiger partial charge on any atom is -0.384 e. The third-order valence-corrected chi connectivity index (χ3v) is 3.15. The molecule has 0 aromatic carbocycles. The Hall–Kier alpha value is -1.43. The Morgan fingerprint density at radius 1 is 1.40 bits per heavy atom. The number of primary amides is 1. The van der Waals surface area contributed by atoms with Gasteiger partial charge in [0.25, 0.3) is 0 Å². The summed E-state index contributed by atoms with van der Waals surface area (Å²) < 4.78 is 7.04.